The molecule has 28 heavy (non-hydrogen) atoms. The summed E-state index contributed by atoms with van der Waals surface area (Å²) in [5, 5.41) is 7.11. The number of nitrogens with one attached hydrogen (secondary N) is 1. The van der Waals surface area contributed by atoms with E-state index in [-0.39, 0.29) is 23.7 Å². The van der Waals surface area contributed by atoms with E-state index in [1.807, 2.05) is 0 Å². The average Bonchev–Trinajstić information content (AvgIpc) is 2.70. The van der Waals surface area contributed by atoms with Crippen LogP contribution >= 0.6 is 0 Å². The van der Waals surface area contributed by atoms with Crippen LogP contribution in [-0.4, -0.2) is 22.8 Å². The first-order valence-corrected chi connectivity index (χ1v) is 8.83. The molecule has 0 aliphatic rings. The second kappa shape index (κ2) is 8.94. The van der Waals surface area contributed by atoms with Gasteiger partial charge in [-0.05, 0) is 61.0 Å². The van der Waals surface area contributed by atoms with Gasteiger partial charge < -0.3 is 10.1 Å². The van der Waals surface area contributed by atoms with Crippen molar-refractivity contribution in [1.29, 1.82) is 0 Å². The Kier molecular flexibility index (Phi) is 6.16. The Labute approximate surface area is 161 Å². The molecule has 0 saturated carbocycles. The maximum atomic E-state index is 13.1. The normalized spacial score (nSPS) is 10.5. The van der Waals surface area contributed by atoms with E-state index in [9.17, 15) is 14.0 Å². The van der Waals surface area contributed by atoms with Crippen molar-refractivity contribution in [2.24, 2.45) is 0 Å². The largest absolute Gasteiger partial charge is 0.497 e. The monoisotopic (exact) mass is 381 g/mol. The third kappa shape index (κ3) is 5.03. The Hall–Kier alpha value is -3.48. The summed E-state index contributed by atoms with van der Waals surface area (Å²) >= 11 is 0. The molecule has 0 fully saturated rings. The van der Waals surface area contributed by atoms with Crippen LogP contribution in [0.4, 0.5) is 10.1 Å². The molecular weight excluding hydrogens is 361 g/mol. The molecule has 0 atom stereocenters. The van der Waals surface area contributed by atoms with Gasteiger partial charge in [0.25, 0.3) is 5.56 Å². The molecule has 1 heterocycles. The molecule has 3 aromatic rings. The number of carbonyl (C=O) groups is 1. The highest BCUT2D eigenvalue weighted by atomic mass is 19.1. The fourth-order valence-electron chi connectivity index (χ4n) is 2.67. The van der Waals surface area contributed by atoms with Crippen LogP contribution in [-0.2, 0) is 11.3 Å². The van der Waals surface area contributed by atoms with Gasteiger partial charge in [0.05, 0.1) is 12.8 Å². The molecule has 2 aromatic carbocycles. The molecule has 0 aliphatic carbocycles. The molecule has 1 aromatic heterocycles. The van der Waals surface area contributed by atoms with Crippen molar-refractivity contribution in [3.05, 3.63) is 76.8 Å². The zero-order valence-corrected chi connectivity index (χ0v) is 15.4. The lowest BCUT2D eigenvalue weighted by atomic mass is 10.1. The number of hydrogen-bond acceptors (Lipinski definition) is 4. The SMILES string of the molecule is COc1ccc(NC(=O)CCCn2nc(-c3ccc(F)cc3)ccc2=O)cc1. The van der Waals surface area contributed by atoms with Crippen LogP contribution in [0.5, 0.6) is 5.75 Å². The van der Waals surface area contributed by atoms with Gasteiger partial charge in [-0.3, -0.25) is 9.59 Å². The number of aryl methyl sites for hydroxylation is 1. The minimum atomic E-state index is -0.333. The molecule has 3 rings (SSSR count). The number of anilines is 1. The molecule has 0 spiro atoms. The van der Waals surface area contributed by atoms with Crippen LogP contribution in [0.1, 0.15) is 12.8 Å². The molecule has 0 saturated heterocycles. The van der Waals surface area contributed by atoms with Gasteiger partial charge in [0, 0.05) is 30.3 Å². The average molecular weight is 381 g/mol. The highest BCUT2D eigenvalue weighted by molar-refractivity contribution is 5.90. The van der Waals surface area contributed by atoms with Crippen LogP contribution in [0.15, 0.2) is 65.5 Å². The third-order valence-corrected chi connectivity index (χ3v) is 4.15. The van der Waals surface area contributed by atoms with Gasteiger partial charge >= 0.3 is 0 Å². The van der Waals surface area contributed by atoms with Gasteiger partial charge in [0.15, 0.2) is 0 Å². The van der Waals surface area contributed by atoms with Gasteiger partial charge in [-0.25, -0.2) is 9.07 Å². The summed E-state index contributed by atoms with van der Waals surface area (Å²) in [6.45, 7) is 0.309. The van der Waals surface area contributed by atoms with E-state index in [2.05, 4.69) is 10.4 Å². The van der Waals surface area contributed by atoms with E-state index in [0.717, 1.165) is 0 Å². The second-order valence-corrected chi connectivity index (χ2v) is 6.17. The zero-order chi connectivity index (χ0) is 19.9. The predicted molar refractivity (Wildman–Crippen MR) is 105 cm³/mol. The maximum absolute atomic E-state index is 13.1. The van der Waals surface area contributed by atoms with Gasteiger partial charge in [-0.2, -0.15) is 5.10 Å². The lowest BCUT2D eigenvalue weighted by Gasteiger charge is -2.08. The van der Waals surface area contributed by atoms with Crippen molar-refractivity contribution in [3.8, 4) is 17.0 Å². The van der Waals surface area contributed by atoms with Crippen molar-refractivity contribution in [2.45, 2.75) is 19.4 Å². The van der Waals surface area contributed by atoms with E-state index in [4.69, 9.17) is 4.74 Å². The highest BCUT2D eigenvalue weighted by Crippen LogP contribution is 2.16. The first kappa shape index (κ1) is 19.3. The van der Waals surface area contributed by atoms with E-state index in [1.165, 1.54) is 22.9 Å². The van der Waals surface area contributed by atoms with Crippen LogP contribution < -0.4 is 15.6 Å². The Balaban J connectivity index is 1.57. The Morgan fingerprint density at radius 2 is 1.79 bits per heavy atom. The summed E-state index contributed by atoms with van der Waals surface area (Å²) in [4.78, 5) is 24.1. The minimum Gasteiger partial charge on any atom is -0.497 e. The lowest BCUT2D eigenvalue weighted by molar-refractivity contribution is -0.116. The van der Waals surface area contributed by atoms with Crippen LogP contribution in [0.3, 0.4) is 0 Å². The maximum Gasteiger partial charge on any atom is 0.266 e. The van der Waals surface area contributed by atoms with Gasteiger partial charge in [0.1, 0.15) is 11.6 Å². The summed E-state index contributed by atoms with van der Waals surface area (Å²) in [5.74, 6) is 0.234. The van der Waals surface area contributed by atoms with Crippen molar-refractivity contribution in [1.82, 2.24) is 9.78 Å². The Morgan fingerprint density at radius 1 is 1.07 bits per heavy atom. The molecule has 0 unspecified atom stereocenters. The number of nitrogens with zero attached hydrogens (tertiary/aromatic N) is 2. The molecule has 6 nitrogen and oxygen atoms in total. The number of halogens is 1. The summed E-state index contributed by atoms with van der Waals surface area (Å²) in [6, 6.07) is 16.0. The number of hydrogen-bond donors (Lipinski definition) is 1. The van der Waals surface area contributed by atoms with E-state index >= 15 is 0 Å². The van der Waals surface area contributed by atoms with Gasteiger partial charge in [-0.1, -0.05) is 0 Å². The Bertz CT molecular complexity index is 999. The molecule has 1 amide bonds. The number of rotatable bonds is 7. The van der Waals surface area contributed by atoms with E-state index in [1.54, 1.807) is 49.6 Å². The lowest BCUT2D eigenvalue weighted by Crippen LogP contribution is -2.23. The smallest absolute Gasteiger partial charge is 0.266 e. The number of amides is 1. The highest BCUT2D eigenvalue weighted by Gasteiger charge is 2.06. The number of ether oxygens (including phenoxy) is 1. The Morgan fingerprint density at radius 3 is 2.46 bits per heavy atom. The molecule has 0 aliphatic heterocycles. The quantitative estimate of drug-likeness (QED) is 0.680. The second-order valence-electron chi connectivity index (χ2n) is 6.17. The van der Waals surface area contributed by atoms with Crippen molar-refractivity contribution in [2.75, 3.05) is 12.4 Å². The van der Waals surface area contributed by atoms with Gasteiger partial charge in [0.2, 0.25) is 5.91 Å². The van der Waals surface area contributed by atoms with Crippen LogP contribution in [0.25, 0.3) is 11.3 Å². The number of aromatic nitrogens is 2. The fraction of sp³-hybridized carbons (Fsp3) is 0.190. The molecular formula is C21H20FN3O3. The number of benzene rings is 2. The van der Waals surface area contributed by atoms with E-state index < -0.39 is 0 Å². The molecule has 0 radical (unpaired) electrons. The van der Waals surface area contributed by atoms with Gasteiger partial charge in [-0.15, -0.1) is 0 Å². The van der Waals surface area contributed by atoms with Crippen LogP contribution in [0.2, 0.25) is 0 Å². The molecule has 0 bridgehead atoms. The fourth-order valence-corrected chi connectivity index (χ4v) is 2.67. The summed E-state index contributed by atoms with van der Waals surface area (Å²) in [7, 11) is 1.58. The predicted octanol–water partition coefficient (Wildman–Crippen LogP) is 3.48. The number of methoxy groups -OCH3 is 1. The van der Waals surface area contributed by atoms with Crippen molar-refractivity contribution >= 4 is 11.6 Å². The zero-order valence-electron chi connectivity index (χ0n) is 15.4. The van der Waals surface area contributed by atoms with Crippen LogP contribution in [0, 0.1) is 5.82 Å². The minimum absolute atomic E-state index is 0.145. The van der Waals surface area contributed by atoms with Crippen molar-refractivity contribution in [3.63, 3.8) is 0 Å². The third-order valence-electron chi connectivity index (χ3n) is 4.15. The first-order valence-electron chi connectivity index (χ1n) is 8.83. The van der Waals surface area contributed by atoms with Crippen molar-refractivity contribution < 1.29 is 13.9 Å². The standard InChI is InChI=1S/C21H20FN3O3/c1-28-18-10-8-17(9-11-18)23-20(26)3-2-14-25-21(27)13-12-19(24-25)15-4-6-16(22)7-5-15/h4-13H,2-3,14H2,1H3,(H,23,26). The summed E-state index contributed by atoms with van der Waals surface area (Å²) in [5.41, 5.74) is 1.72. The summed E-state index contributed by atoms with van der Waals surface area (Å²) in [6.07, 6.45) is 0.711. The molecule has 7 heteroatoms. The molecule has 1 N–H and O–H groups in total. The van der Waals surface area contributed by atoms with E-state index in [0.29, 0.717) is 35.7 Å². The first-order chi connectivity index (χ1) is 13.5. The number of carbonyl (C=O) groups excluding carboxylic acids is 1. The molecule has 144 valence electrons. The summed E-state index contributed by atoms with van der Waals surface area (Å²) < 4.78 is 19.5. The topological polar surface area (TPSA) is 73.2 Å².